The van der Waals surface area contributed by atoms with Crippen LogP contribution in [0.4, 0.5) is 0 Å². The quantitative estimate of drug-likeness (QED) is 0.574. The lowest BCUT2D eigenvalue weighted by molar-refractivity contribution is 0.553. The van der Waals surface area contributed by atoms with Crippen LogP contribution in [0.25, 0.3) is 0 Å². The third-order valence-electron chi connectivity index (χ3n) is 2.08. The van der Waals surface area contributed by atoms with E-state index >= 15 is 0 Å². The zero-order valence-electron chi connectivity index (χ0n) is 6.44. The van der Waals surface area contributed by atoms with Gasteiger partial charge in [-0.1, -0.05) is 20.3 Å². The van der Waals surface area contributed by atoms with Gasteiger partial charge >= 0.3 is 0 Å². The first-order valence-electron chi connectivity index (χ1n) is 3.91. The maximum atomic E-state index is 2.41. The van der Waals surface area contributed by atoms with E-state index in [4.69, 9.17) is 0 Å². The Bertz CT molecular complexity index is 82.6. The lowest BCUT2D eigenvalue weighted by Gasteiger charge is -2.20. The minimum Gasteiger partial charge on any atom is -0.155 e. The second-order valence-corrected chi connectivity index (χ2v) is 4.83. The van der Waals surface area contributed by atoms with E-state index in [1.54, 1.807) is 0 Å². The molecule has 1 atom stereocenters. The molecular weight excluding hydrogens is 128 g/mol. The Morgan fingerprint density at radius 2 is 2.33 bits per heavy atom. The molecule has 1 rings (SSSR count). The van der Waals surface area contributed by atoms with E-state index in [1.807, 2.05) is 0 Å². The summed E-state index contributed by atoms with van der Waals surface area (Å²) in [6.45, 7) is 4.69. The number of rotatable bonds is 2. The van der Waals surface area contributed by atoms with Crippen molar-refractivity contribution in [3.63, 3.8) is 0 Å². The normalized spacial score (nSPS) is 35.3. The summed E-state index contributed by atoms with van der Waals surface area (Å²) >= 11 is 2.17. The fraction of sp³-hybridized carbons (Fsp3) is 1.00. The third kappa shape index (κ3) is 1.89. The van der Waals surface area contributed by atoms with Crippen molar-refractivity contribution >= 4 is 11.8 Å². The number of hydrogen-bond donors (Lipinski definition) is 0. The van der Waals surface area contributed by atoms with Crippen LogP contribution in [0.5, 0.6) is 0 Å². The van der Waals surface area contributed by atoms with E-state index < -0.39 is 0 Å². The molecule has 0 saturated carbocycles. The molecule has 0 N–H and O–H groups in total. The molecule has 0 amide bonds. The van der Waals surface area contributed by atoms with Crippen molar-refractivity contribution in [2.75, 3.05) is 5.75 Å². The Balaban J connectivity index is 2.32. The van der Waals surface area contributed by atoms with E-state index in [-0.39, 0.29) is 0 Å². The van der Waals surface area contributed by atoms with Gasteiger partial charge in [0, 0.05) is 4.75 Å². The first-order valence-corrected chi connectivity index (χ1v) is 4.89. The number of hydrogen-bond acceptors (Lipinski definition) is 1. The average Bonchev–Trinajstić information content (AvgIpc) is 2.16. The smallest absolute Gasteiger partial charge is 0.0132 e. The molecule has 0 aromatic heterocycles. The van der Waals surface area contributed by atoms with Gasteiger partial charge in [0.05, 0.1) is 0 Å². The minimum absolute atomic E-state index is 0.661. The van der Waals surface area contributed by atoms with Gasteiger partial charge < -0.3 is 0 Å². The van der Waals surface area contributed by atoms with Crippen molar-refractivity contribution in [2.45, 2.75) is 44.3 Å². The Labute approximate surface area is 62.4 Å². The van der Waals surface area contributed by atoms with E-state index in [1.165, 1.54) is 31.4 Å². The average molecular weight is 144 g/mol. The lowest BCUT2D eigenvalue weighted by Crippen LogP contribution is -2.13. The van der Waals surface area contributed by atoms with Gasteiger partial charge in [0.25, 0.3) is 0 Å². The van der Waals surface area contributed by atoms with Crippen LogP contribution in [0.3, 0.4) is 0 Å². The molecule has 0 bridgehead atoms. The standard InChI is InChI=1S/C8H16S/c1-3-5-8(2)6-4-7-9-8/h3-7H2,1-2H3. The summed E-state index contributed by atoms with van der Waals surface area (Å²) in [6, 6.07) is 0. The fourth-order valence-electron chi connectivity index (χ4n) is 1.56. The molecule has 1 fully saturated rings. The van der Waals surface area contributed by atoms with Gasteiger partial charge in [-0.05, 0) is 25.0 Å². The van der Waals surface area contributed by atoms with Crippen molar-refractivity contribution in [3.8, 4) is 0 Å². The van der Waals surface area contributed by atoms with Gasteiger partial charge in [-0.15, -0.1) is 0 Å². The van der Waals surface area contributed by atoms with Crippen molar-refractivity contribution in [2.24, 2.45) is 0 Å². The Morgan fingerprint density at radius 1 is 1.56 bits per heavy atom. The predicted octanol–water partition coefficient (Wildman–Crippen LogP) is 3.07. The summed E-state index contributed by atoms with van der Waals surface area (Å²) in [5.74, 6) is 1.40. The number of thioether (sulfide) groups is 1. The highest BCUT2D eigenvalue weighted by Gasteiger charge is 2.27. The van der Waals surface area contributed by atoms with Crippen molar-refractivity contribution in [1.82, 2.24) is 0 Å². The highest BCUT2D eigenvalue weighted by atomic mass is 32.2. The molecule has 0 nitrogen and oxygen atoms in total. The van der Waals surface area contributed by atoms with Crippen molar-refractivity contribution in [3.05, 3.63) is 0 Å². The van der Waals surface area contributed by atoms with Crippen LogP contribution < -0.4 is 0 Å². The van der Waals surface area contributed by atoms with Gasteiger partial charge in [-0.2, -0.15) is 11.8 Å². The summed E-state index contributed by atoms with van der Waals surface area (Å²) in [5.41, 5.74) is 0. The minimum atomic E-state index is 0.661. The second kappa shape index (κ2) is 2.96. The molecule has 0 radical (unpaired) electrons. The van der Waals surface area contributed by atoms with Gasteiger partial charge in [-0.25, -0.2) is 0 Å². The Kier molecular flexibility index (Phi) is 2.45. The highest BCUT2D eigenvalue weighted by Crippen LogP contribution is 2.40. The maximum absolute atomic E-state index is 2.41. The van der Waals surface area contributed by atoms with E-state index in [0.717, 1.165) is 0 Å². The zero-order chi connectivity index (χ0) is 6.74. The first-order chi connectivity index (χ1) is 4.27. The van der Waals surface area contributed by atoms with E-state index in [0.29, 0.717) is 4.75 Å². The summed E-state index contributed by atoms with van der Waals surface area (Å²) in [6.07, 6.45) is 5.66. The highest BCUT2D eigenvalue weighted by molar-refractivity contribution is 8.00. The van der Waals surface area contributed by atoms with Crippen molar-refractivity contribution < 1.29 is 0 Å². The molecule has 1 aliphatic heterocycles. The topological polar surface area (TPSA) is 0 Å². The molecule has 1 saturated heterocycles. The molecule has 0 spiro atoms. The van der Waals surface area contributed by atoms with E-state index in [2.05, 4.69) is 25.6 Å². The summed E-state index contributed by atoms with van der Waals surface area (Å²) in [7, 11) is 0. The molecule has 1 unspecified atom stereocenters. The molecule has 0 aromatic carbocycles. The predicted molar refractivity (Wildman–Crippen MR) is 45.0 cm³/mol. The fourth-order valence-corrected chi connectivity index (χ4v) is 2.98. The van der Waals surface area contributed by atoms with E-state index in [9.17, 15) is 0 Å². The summed E-state index contributed by atoms with van der Waals surface area (Å²) < 4.78 is 0.661. The molecule has 1 aliphatic rings. The second-order valence-electron chi connectivity index (χ2n) is 3.15. The van der Waals surface area contributed by atoms with Crippen LogP contribution in [0, 0.1) is 0 Å². The van der Waals surface area contributed by atoms with Crippen LogP contribution in [-0.2, 0) is 0 Å². The SMILES string of the molecule is CCCC1(C)CCCS1. The van der Waals surface area contributed by atoms with Crippen LogP contribution in [0.2, 0.25) is 0 Å². The molecule has 9 heavy (non-hydrogen) atoms. The van der Waals surface area contributed by atoms with Gasteiger partial charge in [0.15, 0.2) is 0 Å². The zero-order valence-corrected chi connectivity index (χ0v) is 7.26. The monoisotopic (exact) mass is 144 g/mol. The molecule has 54 valence electrons. The van der Waals surface area contributed by atoms with Gasteiger partial charge in [0.1, 0.15) is 0 Å². The lowest BCUT2D eigenvalue weighted by atomic mass is 10.0. The largest absolute Gasteiger partial charge is 0.155 e. The van der Waals surface area contributed by atoms with Crippen LogP contribution in [0.1, 0.15) is 39.5 Å². The van der Waals surface area contributed by atoms with Gasteiger partial charge in [0.2, 0.25) is 0 Å². The summed E-state index contributed by atoms with van der Waals surface area (Å²) in [4.78, 5) is 0. The summed E-state index contributed by atoms with van der Waals surface area (Å²) in [5, 5.41) is 0. The van der Waals surface area contributed by atoms with Crippen LogP contribution in [0.15, 0.2) is 0 Å². The van der Waals surface area contributed by atoms with Gasteiger partial charge in [-0.3, -0.25) is 0 Å². The molecule has 1 heteroatoms. The molecular formula is C8H16S. The molecule has 0 aromatic rings. The van der Waals surface area contributed by atoms with Crippen LogP contribution >= 0.6 is 11.8 Å². The van der Waals surface area contributed by atoms with Crippen molar-refractivity contribution in [1.29, 1.82) is 0 Å². The first kappa shape index (κ1) is 7.46. The maximum Gasteiger partial charge on any atom is 0.0132 e. The van der Waals surface area contributed by atoms with Crippen LogP contribution in [-0.4, -0.2) is 10.5 Å². The Hall–Kier alpha value is 0.350. The molecule has 0 aliphatic carbocycles. The molecule has 1 heterocycles. The third-order valence-corrected chi connectivity index (χ3v) is 3.68. The Morgan fingerprint density at radius 3 is 2.78 bits per heavy atom.